The quantitative estimate of drug-likeness (QED) is 0.919. The summed E-state index contributed by atoms with van der Waals surface area (Å²) in [5.41, 5.74) is 1.20. The number of piperazine rings is 1. The molecule has 1 aromatic carbocycles. The smallest absolute Gasteiger partial charge is 0.139 e. The number of methoxy groups -OCH3 is 1. The van der Waals surface area contributed by atoms with E-state index in [4.69, 9.17) is 16.3 Å². The molecular formula is C16H25ClN2O. The largest absolute Gasteiger partial charge is 0.495 e. The molecular weight excluding hydrogens is 272 g/mol. The molecule has 112 valence electrons. The van der Waals surface area contributed by atoms with Gasteiger partial charge in [-0.05, 0) is 24.5 Å². The maximum atomic E-state index is 6.13. The Morgan fingerprint density at radius 2 is 2.20 bits per heavy atom. The minimum Gasteiger partial charge on any atom is -0.495 e. The molecule has 2 atom stereocenters. The van der Waals surface area contributed by atoms with E-state index in [2.05, 4.69) is 43.1 Å². The zero-order valence-electron chi connectivity index (χ0n) is 12.8. The van der Waals surface area contributed by atoms with Crippen LogP contribution in [0.5, 0.6) is 5.75 Å². The molecule has 1 aromatic rings. The molecule has 2 unspecified atom stereocenters. The van der Waals surface area contributed by atoms with E-state index >= 15 is 0 Å². The van der Waals surface area contributed by atoms with Crippen LogP contribution in [-0.2, 0) is 0 Å². The van der Waals surface area contributed by atoms with Gasteiger partial charge in [0.25, 0.3) is 0 Å². The summed E-state index contributed by atoms with van der Waals surface area (Å²) in [6, 6.07) is 7.12. The molecule has 0 spiro atoms. The van der Waals surface area contributed by atoms with Crippen molar-refractivity contribution in [2.75, 3.05) is 25.1 Å². The third-order valence-corrected chi connectivity index (χ3v) is 4.47. The normalized spacial score (nSPS) is 23.2. The SMILES string of the molecule is CCC1CN(c2ccc(Cl)c(OC)c2)C(C(C)C)CN1. The number of benzene rings is 1. The maximum absolute atomic E-state index is 6.13. The molecule has 3 nitrogen and oxygen atoms in total. The highest BCUT2D eigenvalue weighted by atomic mass is 35.5. The Balaban J connectivity index is 2.29. The van der Waals surface area contributed by atoms with Gasteiger partial charge in [-0.3, -0.25) is 0 Å². The fourth-order valence-electron chi connectivity index (χ4n) is 2.83. The Bertz CT molecular complexity index is 450. The number of hydrogen-bond donors (Lipinski definition) is 1. The minimum atomic E-state index is 0.503. The van der Waals surface area contributed by atoms with Gasteiger partial charge >= 0.3 is 0 Å². The predicted molar refractivity (Wildman–Crippen MR) is 86.1 cm³/mol. The van der Waals surface area contributed by atoms with Gasteiger partial charge in [-0.25, -0.2) is 0 Å². The standard InChI is InChI=1S/C16H25ClN2O/c1-5-12-10-19(15(9-18-12)11(2)3)13-6-7-14(17)16(8-13)20-4/h6-8,11-12,15,18H,5,9-10H2,1-4H3. The van der Waals surface area contributed by atoms with Gasteiger partial charge in [-0.1, -0.05) is 32.4 Å². The number of anilines is 1. The Morgan fingerprint density at radius 1 is 1.45 bits per heavy atom. The van der Waals surface area contributed by atoms with E-state index < -0.39 is 0 Å². The van der Waals surface area contributed by atoms with E-state index in [9.17, 15) is 0 Å². The third-order valence-electron chi connectivity index (χ3n) is 4.16. The first-order valence-electron chi connectivity index (χ1n) is 7.40. The molecule has 1 saturated heterocycles. The van der Waals surface area contributed by atoms with Gasteiger partial charge in [0.1, 0.15) is 5.75 Å². The molecule has 1 aliphatic heterocycles. The molecule has 20 heavy (non-hydrogen) atoms. The second-order valence-corrected chi connectivity index (χ2v) is 6.20. The number of rotatable bonds is 4. The average molecular weight is 297 g/mol. The van der Waals surface area contributed by atoms with Gasteiger partial charge in [-0.2, -0.15) is 0 Å². The summed E-state index contributed by atoms with van der Waals surface area (Å²) in [6.45, 7) is 8.84. The van der Waals surface area contributed by atoms with Crippen molar-refractivity contribution in [1.82, 2.24) is 5.32 Å². The number of hydrogen-bond acceptors (Lipinski definition) is 3. The van der Waals surface area contributed by atoms with Crippen molar-refractivity contribution in [3.8, 4) is 5.75 Å². The zero-order valence-corrected chi connectivity index (χ0v) is 13.6. The van der Waals surface area contributed by atoms with Crippen LogP contribution in [0.15, 0.2) is 18.2 Å². The van der Waals surface area contributed by atoms with Crippen molar-refractivity contribution in [1.29, 1.82) is 0 Å². The van der Waals surface area contributed by atoms with Crippen molar-refractivity contribution in [2.24, 2.45) is 5.92 Å². The lowest BCUT2D eigenvalue weighted by Crippen LogP contribution is -2.58. The van der Waals surface area contributed by atoms with Crippen LogP contribution in [0.1, 0.15) is 27.2 Å². The fraction of sp³-hybridized carbons (Fsp3) is 0.625. The first-order valence-corrected chi connectivity index (χ1v) is 7.78. The summed E-state index contributed by atoms with van der Waals surface area (Å²) in [4.78, 5) is 2.49. The van der Waals surface area contributed by atoms with Crippen molar-refractivity contribution in [3.63, 3.8) is 0 Å². The third kappa shape index (κ3) is 3.21. The molecule has 0 saturated carbocycles. The van der Waals surface area contributed by atoms with Crippen LogP contribution in [0.4, 0.5) is 5.69 Å². The molecule has 0 bridgehead atoms. The first-order chi connectivity index (χ1) is 9.56. The van der Waals surface area contributed by atoms with Crippen molar-refractivity contribution >= 4 is 17.3 Å². The number of nitrogens with zero attached hydrogens (tertiary/aromatic N) is 1. The van der Waals surface area contributed by atoms with Gasteiger partial charge < -0.3 is 15.0 Å². The van der Waals surface area contributed by atoms with E-state index in [0.717, 1.165) is 25.3 Å². The average Bonchev–Trinajstić information content (AvgIpc) is 2.47. The summed E-state index contributed by atoms with van der Waals surface area (Å²) in [6.07, 6.45) is 1.14. The maximum Gasteiger partial charge on any atom is 0.139 e. The fourth-order valence-corrected chi connectivity index (χ4v) is 3.02. The molecule has 4 heteroatoms. The van der Waals surface area contributed by atoms with Gasteiger partial charge in [0, 0.05) is 36.9 Å². The highest BCUT2D eigenvalue weighted by Gasteiger charge is 2.29. The van der Waals surface area contributed by atoms with E-state index in [0.29, 0.717) is 23.0 Å². The molecule has 2 rings (SSSR count). The summed E-state index contributed by atoms with van der Waals surface area (Å²) in [5.74, 6) is 1.35. The van der Waals surface area contributed by atoms with Gasteiger partial charge in [0.05, 0.1) is 12.1 Å². The molecule has 0 amide bonds. The second-order valence-electron chi connectivity index (χ2n) is 5.80. The van der Waals surface area contributed by atoms with Crippen molar-refractivity contribution in [3.05, 3.63) is 23.2 Å². The van der Waals surface area contributed by atoms with E-state index in [1.807, 2.05) is 6.07 Å². The topological polar surface area (TPSA) is 24.5 Å². The van der Waals surface area contributed by atoms with E-state index in [1.165, 1.54) is 5.69 Å². The van der Waals surface area contributed by atoms with Crippen LogP contribution in [0, 0.1) is 5.92 Å². The Hall–Kier alpha value is -0.930. The van der Waals surface area contributed by atoms with Crippen LogP contribution in [0.25, 0.3) is 0 Å². The lowest BCUT2D eigenvalue weighted by atomic mass is 9.97. The van der Waals surface area contributed by atoms with E-state index in [1.54, 1.807) is 7.11 Å². The summed E-state index contributed by atoms with van der Waals surface area (Å²) < 4.78 is 5.35. The zero-order chi connectivity index (χ0) is 14.7. The Labute approximate surface area is 127 Å². The summed E-state index contributed by atoms with van der Waals surface area (Å²) in [7, 11) is 1.66. The first kappa shape index (κ1) is 15.5. The molecule has 1 aliphatic rings. The molecule has 0 aromatic heterocycles. The lowest BCUT2D eigenvalue weighted by molar-refractivity contribution is 0.333. The van der Waals surface area contributed by atoms with Gasteiger partial charge in [-0.15, -0.1) is 0 Å². The van der Waals surface area contributed by atoms with E-state index in [-0.39, 0.29) is 0 Å². The molecule has 1 N–H and O–H groups in total. The van der Waals surface area contributed by atoms with Gasteiger partial charge in [0.2, 0.25) is 0 Å². The summed E-state index contributed by atoms with van der Waals surface area (Å²) >= 11 is 6.13. The predicted octanol–water partition coefficient (Wildman–Crippen LogP) is 3.56. The van der Waals surface area contributed by atoms with Crippen molar-refractivity contribution < 1.29 is 4.74 Å². The van der Waals surface area contributed by atoms with Crippen molar-refractivity contribution in [2.45, 2.75) is 39.3 Å². The van der Waals surface area contributed by atoms with Crippen LogP contribution in [0.3, 0.4) is 0 Å². The number of ether oxygens (including phenoxy) is 1. The highest BCUT2D eigenvalue weighted by Crippen LogP contribution is 2.32. The molecule has 1 heterocycles. The number of halogens is 1. The van der Waals surface area contributed by atoms with Crippen LogP contribution < -0.4 is 15.0 Å². The van der Waals surface area contributed by atoms with Crippen LogP contribution in [-0.4, -0.2) is 32.3 Å². The Kier molecular flexibility index (Phi) is 5.17. The minimum absolute atomic E-state index is 0.503. The summed E-state index contributed by atoms with van der Waals surface area (Å²) in [5, 5.41) is 4.31. The Morgan fingerprint density at radius 3 is 2.80 bits per heavy atom. The van der Waals surface area contributed by atoms with Crippen LogP contribution >= 0.6 is 11.6 Å². The van der Waals surface area contributed by atoms with Crippen LogP contribution in [0.2, 0.25) is 5.02 Å². The number of nitrogens with one attached hydrogen (secondary N) is 1. The second kappa shape index (κ2) is 6.68. The molecule has 1 fully saturated rings. The van der Waals surface area contributed by atoms with Gasteiger partial charge in [0.15, 0.2) is 0 Å². The molecule has 0 radical (unpaired) electrons. The monoisotopic (exact) mass is 296 g/mol. The lowest BCUT2D eigenvalue weighted by Gasteiger charge is -2.44. The highest BCUT2D eigenvalue weighted by molar-refractivity contribution is 6.32. The molecule has 0 aliphatic carbocycles.